The second kappa shape index (κ2) is 3.59. The van der Waals surface area contributed by atoms with E-state index < -0.39 is 0 Å². The van der Waals surface area contributed by atoms with Crippen LogP contribution in [0.1, 0.15) is 29.7 Å². The second-order valence-corrected chi connectivity index (χ2v) is 5.30. The van der Waals surface area contributed by atoms with E-state index in [4.69, 9.17) is 11.5 Å². The fourth-order valence-corrected chi connectivity index (χ4v) is 3.66. The largest absolute Gasteiger partial charge is 0.383 e. The van der Waals surface area contributed by atoms with E-state index in [1.165, 1.54) is 29.7 Å². The van der Waals surface area contributed by atoms with Gasteiger partial charge in [-0.05, 0) is 31.2 Å². The van der Waals surface area contributed by atoms with Gasteiger partial charge in [0, 0.05) is 4.88 Å². The van der Waals surface area contributed by atoms with Crippen molar-refractivity contribution in [2.75, 3.05) is 11.5 Å². The molecule has 1 aliphatic carbocycles. The average Bonchev–Trinajstić information content (AvgIpc) is 2.42. The molecule has 0 aromatic carbocycles. The van der Waals surface area contributed by atoms with Crippen LogP contribution in [0.5, 0.6) is 0 Å². The lowest BCUT2D eigenvalue weighted by molar-refractivity contribution is 0.713. The SMILES string of the molecule is Nc1nc(N)c2c3c(sc2n1)CCCCC3. The third-order valence-electron chi connectivity index (χ3n) is 3.11. The van der Waals surface area contributed by atoms with Crippen molar-refractivity contribution in [3.05, 3.63) is 10.4 Å². The van der Waals surface area contributed by atoms with Crippen LogP contribution in [0.3, 0.4) is 0 Å². The zero-order chi connectivity index (χ0) is 11.1. The lowest BCUT2D eigenvalue weighted by Gasteiger charge is -2.01. The Morgan fingerprint density at radius 3 is 2.69 bits per heavy atom. The predicted octanol–water partition coefficient (Wildman–Crippen LogP) is 2.12. The first kappa shape index (κ1) is 9.84. The third-order valence-corrected chi connectivity index (χ3v) is 4.30. The maximum absolute atomic E-state index is 5.95. The Labute approximate surface area is 97.7 Å². The van der Waals surface area contributed by atoms with E-state index in [0.717, 1.165) is 23.1 Å². The maximum atomic E-state index is 5.95. The zero-order valence-corrected chi connectivity index (χ0v) is 9.81. The van der Waals surface area contributed by atoms with Gasteiger partial charge in [0.2, 0.25) is 5.95 Å². The number of rotatable bonds is 0. The van der Waals surface area contributed by atoms with Crippen molar-refractivity contribution in [1.82, 2.24) is 9.97 Å². The maximum Gasteiger partial charge on any atom is 0.223 e. The summed E-state index contributed by atoms with van der Waals surface area (Å²) in [6, 6.07) is 0. The molecule has 0 spiro atoms. The van der Waals surface area contributed by atoms with Gasteiger partial charge in [0.05, 0.1) is 5.39 Å². The summed E-state index contributed by atoms with van der Waals surface area (Å²) in [5.41, 5.74) is 12.9. The molecule has 4 N–H and O–H groups in total. The number of hydrogen-bond acceptors (Lipinski definition) is 5. The highest BCUT2D eigenvalue weighted by Gasteiger charge is 2.18. The van der Waals surface area contributed by atoms with Gasteiger partial charge in [0.25, 0.3) is 0 Å². The van der Waals surface area contributed by atoms with E-state index in [9.17, 15) is 0 Å². The van der Waals surface area contributed by atoms with Gasteiger partial charge in [-0.2, -0.15) is 4.98 Å². The van der Waals surface area contributed by atoms with Crippen LogP contribution in [0.25, 0.3) is 10.2 Å². The Kier molecular flexibility index (Phi) is 2.21. The molecule has 0 atom stereocenters. The van der Waals surface area contributed by atoms with E-state index in [2.05, 4.69) is 9.97 Å². The molecule has 1 aliphatic rings. The predicted molar refractivity (Wildman–Crippen MR) is 67.5 cm³/mol. The van der Waals surface area contributed by atoms with E-state index in [1.54, 1.807) is 11.3 Å². The molecule has 0 fully saturated rings. The highest BCUT2D eigenvalue weighted by Crippen LogP contribution is 2.37. The molecule has 0 saturated carbocycles. The van der Waals surface area contributed by atoms with Crippen molar-refractivity contribution in [3.8, 4) is 0 Å². The van der Waals surface area contributed by atoms with Crippen molar-refractivity contribution in [2.24, 2.45) is 0 Å². The number of fused-ring (bicyclic) bond motifs is 3. The molecule has 0 unspecified atom stereocenters. The minimum Gasteiger partial charge on any atom is -0.383 e. The normalized spacial score (nSPS) is 16.0. The van der Waals surface area contributed by atoms with Gasteiger partial charge in [0.1, 0.15) is 10.6 Å². The lowest BCUT2D eigenvalue weighted by Crippen LogP contribution is -2.00. The van der Waals surface area contributed by atoms with Crippen LogP contribution in [0.15, 0.2) is 0 Å². The monoisotopic (exact) mass is 234 g/mol. The van der Waals surface area contributed by atoms with E-state index >= 15 is 0 Å². The van der Waals surface area contributed by atoms with Gasteiger partial charge >= 0.3 is 0 Å². The first-order valence-corrected chi connectivity index (χ1v) is 6.40. The Bertz CT molecular complexity index is 546. The van der Waals surface area contributed by atoms with Crippen molar-refractivity contribution in [2.45, 2.75) is 32.1 Å². The number of hydrogen-bond donors (Lipinski definition) is 2. The van der Waals surface area contributed by atoms with Crippen LogP contribution < -0.4 is 11.5 Å². The zero-order valence-electron chi connectivity index (χ0n) is 8.99. The molecule has 3 rings (SSSR count). The van der Waals surface area contributed by atoms with Crippen molar-refractivity contribution >= 4 is 33.3 Å². The van der Waals surface area contributed by atoms with Gasteiger partial charge in [-0.15, -0.1) is 11.3 Å². The fraction of sp³-hybridized carbons (Fsp3) is 0.455. The summed E-state index contributed by atoms with van der Waals surface area (Å²) in [7, 11) is 0. The van der Waals surface area contributed by atoms with Gasteiger partial charge in [-0.25, -0.2) is 4.98 Å². The molecule has 0 radical (unpaired) electrons. The smallest absolute Gasteiger partial charge is 0.223 e. The first-order valence-electron chi connectivity index (χ1n) is 5.59. The van der Waals surface area contributed by atoms with Gasteiger partial charge in [-0.3, -0.25) is 0 Å². The van der Waals surface area contributed by atoms with Crippen LogP contribution in [0.2, 0.25) is 0 Å². The van der Waals surface area contributed by atoms with E-state index in [0.29, 0.717) is 5.82 Å². The topological polar surface area (TPSA) is 77.8 Å². The minimum atomic E-state index is 0.279. The summed E-state index contributed by atoms with van der Waals surface area (Å²) in [5, 5.41) is 1.05. The van der Waals surface area contributed by atoms with E-state index in [1.807, 2.05) is 0 Å². The summed E-state index contributed by atoms with van der Waals surface area (Å²) in [4.78, 5) is 10.7. The Balaban J connectivity index is 2.29. The molecule has 0 amide bonds. The van der Waals surface area contributed by atoms with Crippen molar-refractivity contribution in [3.63, 3.8) is 0 Å². The molecule has 16 heavy (non-hydrogen) atoms. The minimum absolute atomic E-state index is 0.279. The molecule has 5 heteroatoms. The Morgan fingerprint density at radius 2 is 1.81 bits per heavy atom. The lowest BCUT2D eigenvalue weighted by atomic mass is 10.1. The van der Waals surface area contributed by atoms with Gasteiger partial charge in [-0.1, -0.05) is 6.42 Å². The molecule has 2 aromatic heterocycles. The van der Waals surface area contributed by atoms with E-state index in [-0.39, 0.29) is 5.95 Å². The van der Waals surface area contributed by atoms with Gasteiger partial charge in [0.15, 0.2) is 0 Å². The van der Waals surface area contributed by atoms with Gasteiger partial charge < -0.3 is 11.5 Å². The number of aromatic nitrogens is 2. The molecule has 0 saturated heterocycles. The second-order valence-electron chi connectivity index (χ2n) is 4.21. The summed E-state index contributed by atoms with van der Waals surface area (Å²) in [5.74, 6) is 0.823. The number of nitrogens with zero attached hydrogens (tertiary/aromatic N) is 2. The molecule has 2 aromatic rings. The highest BCUT2D eigenvalue weighted by atomic mass is 32.1. The van der Waals surface area contributed by atoms with Crippen LogP contribution in [-0.2, 0) is 12.8 Å². The van der Waals surface area contributed by atoms with Crippen LogP contribution in [0.4, 0.5) is 11.8 Å². The summed E-state index contributed by atoms with van der Waals surface area (Å²) < 4.78 is 0. The molecule has 0 bridgehead atoms. The molecular weight excluding hydrogens is 220 g/mol. The summed E-state index contributed by atoms with van der Waals surface area (Å²) in [6.45, 7) is 0. The quantitative estimate of drug-likeness (QED) is 0.684. The number of thiophene rings is 1. The highest BCUT2D eigenvalue weighted by molar-refractivity contribution is 7.19. The molecule has 2 heterocycles. The average molecular weight is 234 g/mol. The first-order chi connectivity index (χ1) is 7.75. The standard InChI is InChI=1S/C11H14N4S/c12-9-8-6-4-2-1-3-5-7(6)16-10(8)15-11(13)14-9/h1-5H2,(H4,12,13,14,15). The van der Waals surface area contributed by atoms with Crippen LogP contribution in [0, 0.1) is 0 Å². The van der Waals surface area contributed by atoms with Crippen molar-refractivity contribution < 1.29 is 0 Å². The molecule has 0 aliphatic heterocycles. The Hall–Kier alpha value is -1.36. The molecular formula is C11H14N4S. The Morgan fingerprint density at radius 1 is 1.00 bits per heavy atom. The third kappa shape index (κ3) is 1.43. The molecule has 84 valence electrons. The van der Waals surface area contributed by atoms with Crippen LogP contribution in [-0.4, -0.2) is 9.97 Å². The molecule has 4 nitrogen and oxygen atoms in total. The summed E-state index contributed by atoms with van der Waals surface area (Å²) in [6.07, 6.45) is 6.06. The number of anilines is 2. The number of nitrogens with two attached hydrogens (primary N) is 2. The summed E-state index contributed by atoms with van der Waals surface area (Å²) >= 11 is 1.73. The number of aryl methyl sites for hydroxylation is 2. The van der Waals surface area contributed by atoms with Crippen LogP contribution >= 0.6 is 11.3 Å². The fourth-order valence-electron chi connectivity index (χ4n) is 2.38. The van der Waals surface area contributed by atoms with Crippen molar-refractivity contribution in [1.29, 1.82) is 0 Å². The number of nitrogen functional groups attached to an aromatic ring is 2.